The summed E-state index contributed by atoms with van der Waals surface area (Å²) < 4.78 is 64.8. The summed E-state index contributed by atoms with van der Waals surface area (Å²) in [6.07, 6.45) is 2.42. The topological polar surface area (TPSA) is 188 Å². The number of ether oxygens (including phenoxy) is 1. The largest absolute Gasteiger partial charge is 0.467 e. The third-order valence-corrected chi connectivity index (χ3v) is 8.72. The Labute approximate surface area is 285 Å². The lowest BCUT2D eigenvalue weighted by molar-refractivity contribution is -0.142. The predicted octanol–water partition coefficient (Wildman–Crippen LogP) is 2.82. The Kier molecular flexibility index (Phi) is 10.7. The van der Waals surface area contributed by atoms with Crippen molar-refractivity contribution in [2.24, 2.45) is 12.5 Å². The lowest BCUT2D eigenvalue weighted by Crippen LogP contribution is -2.43. The molecule has 2 heterocycles. The van der Waals surface area contributed by atoms with Crippen LogP contribution in [0, 0.1) is 24.0 Å². The van der Waals surface area contributed by atoms with Gasteiger partial charge in [-0.25, -0.2) is 36.3 Å². The lowest BCUT2D eigenvalue weighted by atomic mass is 9.95. The van der Waals surface area contributed by atoms with Gasteiger partial charge in [0.1, 0.15) is 23.5 Å². The van der Waals surface area contributed by atoms with E-state index in [1.807, 2.05) is 4.72 Å². The number of nitrogens with zero attached hydrogens (tertiary/aromatic N) is 3. The fraction of sp³-hybridized carbons (Fsp3) is 0.273. The summed E-state index contributed by atoms with van der Waals surface area (Å²) in [5.41, 5.74) is -2.55. The number of rotatable bonds is 10. The minimum absolute atomic E-state index is 0.0107. The Balaban J connectivity index is 1.50. The second-order valence-electron chi connectivity index (χ2n) is 12.3. The van der Waals surface area contributed by atoms with Crippen molar-refractivity contribution in [1.29, 1.82) is 0 Å². The van der Waals surface area contributed by atoms with Gasteiger partial charge in [-0.15, -0.1) is 0 Å². The van der Waals surface area contributed by atoms with Gasteiger partial charge < -0.3 is 19.9 Å². The smallest absolute Gasteiger partial charge is 0.336 e. The number of carbonyl (C=O) groups excluding carboxylic acids is 3. The molecule has 0 spiro atoms. The van der Waals surface area contributed by atoms with E-state index < -0.39 is 67.5 Å². The molecule has 0 fully saturated rings. The molecule has 0 saturated heterocycles. The summed E-state index contributed by atoms with van der Waals surface area (Å²) in [5, 5.41) is 4.92. The van der Waals surface area contributed by atoms with Crippen LogP contribution in [0.1, 0.15) is 42.3 Å². The number of hydrogen-bond acceptors (Lipinski definition) is 9. The molecule has 3 N–H and O–H groups in total. The molecule has 14 nitrogen and oxygen atoms in total. The molecule has 0 saturated carbocycles. The number of benzene rings is 2. The minimum Gasteiger partial charge on any atom is -0.467 e. The number of sulfonamides is 1. The average Bonchev–Trinajstić information content (AvgIpc) is 3.05. The molecule has 4 aromatic rings. The van der Waals surface area contributed by atoms with Crippen LogP contribution in [-0.4, -0.2) is 53.5 Å². The first kappa shape index (κ1) is 37.1. The van der Waals surface area contributed by atoms with E-state index >= 15 is 8.78 Å². The summed E-state index contributed by atoms with van der Waals surface area (Å²) in [6, 6.07) is 7.35. The van der Waals surface area contributed by atoms with Gasteiger partial charge >= 0.3 is 11.7 Å². The maximum atomic E-state index is 15.1. The van der Waals surface area contributed by atoms with Crippen LogP contribution in [0.5, 0.6) is 0 Å². The number of carbonyl (C=O) groups is 3. The van der Waals surface area contributed by atoms with Gasteiger partial charge in [-0.2, -0.15) is 0 Å². The molecule has 4 rings (SSSR count). The number of hydrogen-bond donors (Lipinski definition) is 3. The summed E-state index contributed by atoms with van der Waals surface area (Å²) in [4.78, 5) is 66.7. The maximum absolute atomic E-state index is 15.1. The van der Waals surface area contributed by atoms with E-state index in [4.69, 9.17) is 4.74 Å². The van der Waals surface area contributed by atoms with Crippen LogP contribution in [0.25, 0.3) is 5.82 Å². The number of methoxy groups -OCH3 is 1. The molecule has 0 bridgehead atoms. The van der Waals surface area contributed by atoms with Gasteiger partial charge in [0.05, 0.1) is 23.3 Å². The van der Waals surface area contributed by atoms with Crippen molar-refractivity contribution in [2.45, 2.75) is 45.1 Å². The number of anilines is 2. The van der Waals surface area contributed by atoms with Crippen LogP contribution in [0.3, 0.4) is 0 Å². The van der Waals surface area contributed by atoms with Gasteiger partial charge in [0, 0.05) is 48.6 Å². The van der Waals surface area contributed by atoms with Gasteiger partial charge in [-0.05, 0) is 48.9 Å². The molecular weight excluding hydrogens is 678 g/mol. The van der Waals surface area contributed by atoms with Crippen LogP contribution >= 0.6 is 0 Å². The molecule has 2 aromatic carbocycles. The molecule has 0 aliphatic heterocycles. The van der Waals surface area contributed by atoms with Crippen molar-refractivity contribution in [3.05, 3.63) is 110 Å². The summed E-state index contributed by atoms with van der Waals surface area (Å²) in [6.45, 7) is 6.64. The molecular formula is C33H34F2N6O8S. The maximum Gasteiger partial charge on any atom is 0.336 e. The van der Waals surface area contributed by atoms with Gasteiger partial charge in [0.2, 0.25) is 5.91 Å². The third-order valence-electron chi connectivity index (χ3n) is 7.34. The zero-order valence-electron chi connectivity index (χ0n) is 27.8. The predicted molar refractivity (Wildman–Crippen MR) is 178 cm³/mol. The van der Waals surface area contributed by atoms with Crippen LogP contribution in [0.4, 0.5) is 20.2 Å². The van der Waals surface area contributed by atoms with E-state index in [0.29, 0.717) is 28.9 Å². The Morgan fingerprint density at radius 2 is 1.66 bits per heavy atom. The zero-order chi connectivity index (χ0) is 37.1. The summed E-state index contributed by atoms with van der Waals surface area (Å²) in [7, 11) is -1.90. The van der Waals surface area contributed by atoms with E-state index in [9.17, 15) is 32.4 Å². The van der Waals surface area contributed by atoms with Crippen molar-refractivity contribution in [3.8, 4) is 5.82 Å². The molecule has 264 valence electrons. The van der Waals surface area contributed by atoms with Crippen LogP contribution < -0.4 is 26.6 Å². The van der Waals surface area contributed by atoms with Crippen molar-refractivity contribution >= 4 is 39.2 Å². The fourth-order valence-electron chi connectivity index (χ4n) is 4.54. The average molecular weight is 713 g/mol. The molecule has 17 heteroatoms. The molecule has 50 heavy (non-hydrogen) atoms. The quantitative estimate of drug-likeness (QED) is 0.208. The third kappa shape index (κ3) is 8.28. The number of amides is 2. The number of pyridine rings is 1. The molecule has 2 aromatic heterocycles. The Morgan fingerprint density at radius 3 is 2.24 bits per heavy atom. The van der Waals surface area contributed by atoms with E-state index in [1.165, 1.54) is 55.2 Å². The van der Waals surface area contributed by atoms with Crippen LogP contribution in [0.2, 0.25) is 0 Å². The summed E-state index contributed by atoms with van der Waals surface area (Å²) in [5.74, 6) is -5.03. The number of halogens is 2. The van der Waals surface area contributed by atoms with Gasteiger partial charge in [-0.1, -0.05) is 26.8 Å². The van der Waals surface area contributed by atoms with Crippen molar-refractivity contribution in [1.82, 2.24) is 19.4 Å². The SMILES string of the molecule is COC(=O)[C@H](Cc1ccc(-n2c(=O)c(C)cn(C)c2=O)nc1)NC(=O)c1cc(F)c(NS(=O)(=O)c2ccc(NC(=O)C(C)(C)C)cc2)cc1F. The highest BCUT2D eigenvalue weighted by atomic mass is 32.2. The highest BCUT2D eigenvalue weighted by molar-refractivity contribution is 7.92. The molecule has 0 unspecified atom stereocenters. The van der Waals surface area contributed by atoms with E-state index in [1.54, 1.807) is 20.8 Å². The van der Waals surface area contributed by atoms with Gasteiger partial charge in [0.15, 0.2) is 0 Å². The first-order chi connectivity index (χ1) is 23.3. The van der Waals surface area contributed by atoms with E-state index in [0.717, 1.165) is 23.8 Å². The number of aromatic nitrogens is 3. The number of aryl methyl sites for hydroxylation is 2. The molecule has 0 radical (unpaired) electrons. The fourth-order valence-corrected chi connectivity index (χ4v) is 5.60. The standard InChI is InChI=1S/C33H34F2N6O8S/c1-18-17-40(5)32(46)41(29(18)43)27-12-7-19(16-36-27)13-26(30(44)49-6)38-28(42)22-14-24(35)25(15-23(22)34)39-50(47,48)21-10-8-20(9-11-21)37-31(45)33(2,3)4/h7-12,14-17,26,39H,13H2,1-6H3,(H,37,45)(H,38,42)/t26-/m0/s1. The number of esters is 1. The number of nitrogens with one attached hydrogen (secondary N) is 3. The molecule has 1 atom stereocenters. The van der Waals surface area contributed by atoms with Crippen molar-refractivity contribution < 1.29 is 36.3 Å². The first-order valence-electron chi connectivity index (χ1n) is 14.9. The van der Waals surface area contributed by atoms with Crippen molar-refractivity contribution in [2.75, 3.05) is 17.1 Å². The monoisotopic (exact) mass is 712 g/mol. The van der Waals surface area contributed by atoms with Crippen LogP contribution in [-0.2, 0) is 37.8 Å². The second-order valence-corrected chi connectivity index (χ2v) is 14.0. The van der Waals surface area contributed by atoms with E-state index in [-0.39, 0.29) is 23.0 Å². The minimum atomic E-state index is -4.43. The first-order valence-corrected chi connectivity index (χ1v) is 16.4. The van der Waals surface area contributed by atoms with Gasteiger partial charge in [-0.3, -0.25) is 19.1 Å². The van der Waals surface area contributed by atoms with Crippen LogP contribution in [0.15, 0.2) is 75.4 Å². The Bertz CT molecular complexity index is 2160. The Hall–Kier alpha value is -5.71. The second kappa shape index (κ2) is 14.4. The van der Waals surface area contributed by atoms with Gasteiger partial charge in [0.25, 0.3) is 21.5 Å². The Morgan fingerprint density at radius 1 is 1.00 bits per heavy atom. The van der Waals surface area contributed by atoms with Crippen molar-refractivity contribution in [3.63, 3.8) is 0 Å². The summed E-state index contributed by atoms with van der Waals surface area (Å²) >= 11 is 0. The zero-order valence-corrected chi connectivity index (χ0v) is 28.6. The lowest BCUT2D eigenvalue weighted by Gasteiger charge is -2.18. The molecule has 2 amide bonds. The highest BCUT2D eigenvalue weighted by Crippen LogP contribution is 2.25. The molecule has 0 aliphatic carbocycles. The highest BCUT2D eigenvalue weighted by Gasteiger charge is 2.27. The molecule has 0 aliphatic rings. The normalized spacial score (nSPS) is 12.2. The van der Waals surface area contributed by atoms with E-state index in [2.05, 4.69) is 15.6 Å².